The second-order valence-electron chi connectivity index (χ2n) is 6.75. The Morgan fingerprint density at radius 2 is 1.79 bits per heavy atom. The molecule has 0 fully saturated rings. The van der Waals surface area contributed by atoms with Gasteiger partial charge >= 0.3 is 5.97 Å². The highest BCUT2D eigenvalue weighted by Gasteiger charge is 2.29. The molecule has 0 bridgehead atoms. The van der Waals surface area contributed by atoms with E-state index in [4.69, 9.17) is 21.1 Å². The van der Waals surface area contributed by atoms with Crippen LogP contribution in [-0.2, 0) is 20.8 Å². The molecule has 1 atom stereocenters. The van der Waals surface area contributed by atoms with E-state index in [2.05, 4.69) is 0 Å². The fourth-order valence-corrected chi connectivity index (χ4v) is 3.57. The molecule has 0 unspecified atom stereocenters. The van der Waals surface area contributed by atoms with Crippen molar-refractivity contribution in [3.63, 3.8) is 0 Å². The first kappa shape index (κ1) is 25.2. The molecule has 0 spiro atoms. The molecule has 0 N–H and O–H groups in total. The van der Waals surface area contributed by atoms with Gasteiger partial charge in [0, 0.05) is 37.6 Å². The van der Waals surface area contributed by atoms with Crippen LogP contribution < -0.4 is 0 Å². The van der Waals surface area contributed by atoms with Gasteiger partial charge in [-0.2, -0.15) is 0 Å². The highest BCUT2D eigenvalue weighted by atomic mass is 35.5. The predicted molar refractivity (Wildman–Crippen MR) is 113 cm³/mol. The molecule has 0 saturated heterocycles. The highest BCUT2D eigenvalue weighted by Crippen LogP contribution is 2.24. The van der Waals surface area contributed by atoms with Gasteiger partial charge in [-0.15, -0.1) is 11.6 Å². The molecule has 0 aliphatic carbocycles. The summed E-state index contributed by atoms with van der Waals surface area (Å²) in [6.07, 6.45) is 0.610. The minimum Gasteiger partial charge on any atom is -0.461 e. The number of esters is 1. The average Bonchev–Trinajstić information content (AvgIpc) is 2.93. The Bertz CT molecular complexity index is 727. The molecular formula is C21H33ClN2O5. The summed E-state index contributed by atoms with van der Waals surface area (Å²) in [4.78, 5) is 39.5. The van der Waals surface area contributed by atoms with Gasteiger partial charge in [-0.25, -0.2) is 4.79 Å². The maximum Gasteiger partial charge on any atom is 0.355 e. The first-order chi connectivity index (χ1) is 13.7. The Kier molecular flexibility index (Phi) is 10.4. The zero-order chi connectivity index (χ0) is 22.1. The lowest BCUT2D eigenvalue weighted by Gasteiger charge is -2.23. The van der Waals surface area contributed by atoms with Crippen LogP contribution in [0.25, 0.3) is 0 Å². The molecule has 0 saturated carbocycles. The first-order valence-corrected chi connectivity index (χ1v) is 10.5. The fourth-order valence-electron chi connectivity index (χ4n) is 3.44. The van der Waals surface area contributed by atoms with E-state index in [0.717, 1.165) is 0 Å². The van der Waals surface area contributed by atoms with Crippen LogP contribution in [0.1, 0.15) is 66.2 Å². The van der Waals surface area contributed by atoms with Gasteiger partial charge in [0.05, 0.1) is 13.2 Å². The quantitative estimate of drug-likeness (QED) is 0.221. The number of amides is 1. The molecule has 1 amide bonds. The number of hydrogen-bond acceptors (Lipinski definition) is 5. The van der Waals surface area contributed by atoms with E-state index >= 15 is 0 Å². The molecule has 1 aromatic heterocycles. The van der Waals surface area contributed by atoms with Gasteiger partial charge < -0.3 is 18.9 Å². The lowest BCUT2D eigenvalue weighted by atomic mass is 10.0. The number of aromatic nitrogens is 1. The third-order valence-corrected chi connectivity index (χ3v) is 4.92. The Morgan fingerprint density at radius 1 is 1.14 bits per heavy atom. The SMILES string of the molecule is CCOCCCN(CC(=O)c1c(C)c(C(=O)OCC)n(CC)c1C)C(=O)[C@@H](C)Cl. The Hall–Kier alpha value is -1.86. The van der Waals surface area contributed by atoms with E-state index in [1.165, 1.54) is 4.90 Å². The van der Waals surface area contributed by atoms with E-state index in [1.807, 2.05) is 13.8 Å². The normalized spacial score (nSPS) is 12.0. The van der Waals surface area contributed by atoms with Crippen LogP contribution in [0.5, 0.6) is 0 Å². The van der Waals surface area contributed by atoms with Crippen molar-refractivity contribution in [2.24, 2.45) is 0 Å². The summed E-state index contributed by atoms with van der Waals surface area (Å²) in [5.41, 5.74) is 2.11. The summed E-state index contributed by atoms with van der Waals surface area (Å²) in [6, 6.07) is 0. The van der Waals surface area contributed by atoms with Crippen LogP contribution in [0.4, 0.5) is 0 Å². The van der Waals surface area contributed by atoms with Crippen molar-refractivity contribution in [3.8, 4) is 0 Å². The van der Waals surface area contributed by atoms with Gasteiger partial charge in [0.2, 0.25) is 5.91 Å². The fraction of sp³-hybridized carbons (Fsp3) is 0.667. The van der Waals surface area contributed by atoms with Crippen molar-refractivity contribution in [2.75, 3.05) is 32.9 Å². The van der Waals surface area contributed by atoms with Crippen LogP contribution >= 0.6 is 11.6 Å². The number of carbonyl (C=O) groups is 3. The van der Waals surface area contributed by atoms with Gasteiger partial charge in [-0.3, -0.25) is 9.59 Å². The van der Waals surface area contributed by atoms with E-state index in [9.17, 15) is 14.4 Å². The molecular weight excluding hydrogens is 396 g/mol. The number of ketones is 1. The van der Waals surface area contributed by atoms with Gasteiger partial charge in [0.1, 0.15) is 11.1 Å². The summed E-state index contributed by atoms with van der Waals surface area (Å²) in [5, 5.41) is -0.729. The van der Waals surface area contributed by atoms with Crippen molar-refractivity contribution in [3.05, 3.63) is 22.5 Å². The number of rotatable bonds is 12. The number of carbonyl (C=O) groups excluding carboxylic acids is 3. The number of halogens is 1. The number of Topliss-reactive ketones (excluding diaryl/α,β-unsaturated/α-hetero) is 1. The Balaban J connectivity index is 3.16. The van der Waals surface area contributed by atoms with Crippen LogP contribution in [0.2, 0.25) is 0 Å². The molecule has 0 aromatic carbocycles. The molecule has 0 aliphatic rings. The maximum atomic E-state index is 13.1. The summed E-state index contributed by atoms with van der Waals surface area (Å²) in [7, 11) is 0. The number of alkyl halides is 1. The second kappa shape index (κ2) is 12.0. The zero-order valence-corrected chi connectivity index (χ0v) is 19.1. The molecule has 0 radical (unpaired) electrons. The van der Waals surface area contributed by atoms with Crippen molar-refractivity contribution >= 4 is 29.3 Å². The average molecular weight is 429 g/mol. The first-order valence-electron chi connectivity index (χ1n) is 10.1. The molecule has 1 heterocycles. The lowest BCUT2D eigenvalue weighted by molar-refractivity contribution is -0.130. The maximum absolute atomic E-state index is 13.1. The third kappa shape index (κ3) is 6.31. The highest BCUT2D eigenvalue weighted by molar-refractivity contribution is 6.30. The Morgan fingerprint density at radius 3 is 2.31 bits per heavy atom. The van der Waals surface area contributed by atoms with Gasteiger partial charge in [0.15, 0.2) is 5.78 Å². The van der Waals surface area contributed by atoms with E-state index in [-0.39, 0.29) is 24.8 Å². The smallest absolute Gasteiger partial charge is 0.355 e. The molecule has 0 aliphatic heterocycles. The van der Waals surface area contributed by atoms with E-state index < -0.39 is 11.3 Å². The Labute approximate surface area is 178 Å². The molecule has 29 heavy (non-hydrogen) atoms. The standard InChI is InChI=1S/C21H33ClN2O5/c1-7-24-16(6)18(14(4)19(24)21(27)29-9-3)17(25)13-23(20(26)15(5)22)11-10-12-28-8-2/h15H,7-13H2,1-6H3/t15-/m1/s1. The van der Waals surface area contributed by atoms with Crippen LogP contribution in [0, 0.1) is 13.8 Å². The summed E-state index contributed by atoms with van der Waals surface area (Å²) in [5.74, 6) is -0.972. The van der Waals surface area contributed by atoms with Crippen LogP contribution in [0.15, 0.2) is 0 Å². The van der Waals surface area contributed by atoms with Crippen molar-refractivity contribution in [2.45, 2.75) is 59.9 Å². The van der Waals surface area contributed by atoms with Crippen molar-refractivity contribution in [1.82, 2.24) is 9.47 Å². The number of hydrogen-bond donors (Lipinski definition) is 0. The number of ether oxygens (including phenoxy) is 2. The van der Waals surface area contributed by atoms with E-state index in [0.29, 0.717) is 55.2 Å². The molecule has 7 nitrogen and oxygen atoms in total. The van der Waals surface area contributed by atoms with Crippen molar-refractivity contribution < 1.29 is 23.9 Å². The topological polar surface area (TPSA) is 77.8 Å². The largest absolute Gasteiger partial charge is 0.461 e. The molecule has 1 aromatic rings. The van der Waals surface area contributed by atoms with Gasteiger partial charge in [-0.1, -0.05) is 0 Å². The van der Waals surface area contributed by atoms with Crippen molar-refractivity contribution in [1.29, 1.82) is 0 Å². The van der Waals surface area contributed by atoms with Crippen LogP contribution in [0.3, 0.4) is 0 Å². The monoisotopic (exact) mass is 428 g/mol. The van der Waals surface area contributed by atoms with Gasteiger partial charge in [0.25, 0.3) is 0 Å². The van der Waals surface area contributed by atoms with Crippen LogP contribution in [-0.4, -0.2) is 65.4 Å². The minimum absolute atomic E-state index is 0.0975. The predicted octanol–water partition coefficient (Wildman–Crippen LogP) is 3.37. The zero-order valence-electron chi connectivity index (χ0n) is 18.3. The second-order valence-corrected chi connectivity index (χ2v) is 7.40. The van der Waals surface area contributed by atoms with E-state index in [1.54, 1.807) is 32.3 Å². The number of nitrogens with zero attached hydrogens (tertiary/aromatic N) is 2. The summed E-state index contributed by atoms with van der Waals surface area (Å²) >= 11 is 5.98. The summed E-state index contributed by atoms with van der Waals surface area (Å²) in [6.45, 7) is 12.8. The molecule has 1 rings (SSSR count). The minimum atomic E-state index is -0.729. The third-order valence-electron chi connectivity index (χ3n) is 4.74. The molecule has 164 valence electrons. The lowest BCUT2D eigenvalue weighted by Crippen LogP contribution is -2.40. The van der Waals surface area contributed by atoms with Gasteiger partial charge in [-0.05, 0) is 53.5 Å². The molecule has 8 heteroatoms. The summed E-state index contributed by atoms with van der Waals surface area (Å²) < 4.78 is 12.3.